The molecule has 3 heterocycles. The molecule has 0 radical (unpaired) electrons. The van der Waals surface area contributed by atoms with Crippen LogP contribution in [0.5, 0.6) is 5.75 Å². The van der Waals surface area contributed by atoms with E-state index in [1.807, 2.05) is 0 Å². The van der Waals surface area contributed by atoms with Crippen molar-refractivity contribution in [1.29, 1.82) is 0 Å². The van der Waals surface area contributed by atoms with Crippen LogP contribution < -0.4 is 10.1 Å². The Morgan fingerprint density at radius 2 is 1.51 bits per heavy atom. The minimum atomic E-state index is -4.73. The van der Waals surface area contributed by atoms with Crippen molar-refractivity contribution in [3.8, 4) is 5.75 Å². The molecule has 0 aromatic heterocycles. The zero-order chi connectivity index (χ0) is 33.5. The molecule has 2 aromatic carbocycles. The van der Waals surface area contributed by atoms with Crippen LogP contribution in [-0.4, -0.2) is 127 Å². The monoisotopic (exact) mass is 643 g/mol. The van der Waals surface area contributed by atoms with Crippen molar-refractivity contribution >= 4 is 17.7 Å². The smallest absolute Gasteiger partial charge is 0.354 e. The van der Waals surface area contributed by atoms with Gasteiger partial charge < -0.3 is 65.6 Å². The number of ether oxygens (including phenoxy) is 2. The summed E-state index contributed by atoms with van der Waals surface area (Å²) < 4.78 is 25.3. The van der Waals surface area contributed by atoms with E-state index in [1.54, 1.807) is 0 Å². The maximum absolute atomic E-state index is 15.2. The third-order valence-electron chi connectivity index (χ3n) is 7.67. The van der Waals surface area contributed by atoms with E-state index in [9.17, 15) is 70.6 Å². The van der Waals surface area contributed by atoms with Crippen molar-refractivity contribution in [2.45, 2.75) is 35.1 Å². The van der Waals surface area contributed by atoms with E-state index < -0.39 is 91.5 Å². The number of imide groups is 1. The number of fused-ring (bicyclic) bond motifs is 1. The van der Waals surface area contributed by atoms with Crippen molar-refractivity contribution < 1.29 is 84.4 Å². The normalized spacial score (nSPS) is 24.8. The first-order valence-corrected chi connectivity index (χ1v) is 12.8. The molecule has 244 valence electrons. The van der Waals surface area contributed by atoms with Crippen LogP contribution in [0.3, 0.4) is 0 Å². The molecule has 3 amide bonds. The summed E-state index contributed by atoms with van der Waals surface area (Å²) in [6.07, 6.45) is 0. The fraction of sp³-hybridized carbons (Fsp3) is 0.400. The van der Waals surface area contributed by atoms with Crippen molar-refractivity contribution in [2.24, 2.45) is 0 Å². The molecular formula is C25H26FN3O16. The highest BCUT2D eigenvalue weighted by atomic mass is 19.1. The number of hydrogen-bond acceptors (Lipinski definition) is 17. The molecule has 0 saturated carbocycles. The van der Waals surface area contributed by atoms with Crippen LogP contribution in [0.1, 0.15) is 27.0 Å². The first-order valence-electron chi connectivity index (χ1n) is 12.8. The molecule has 2 saturated heterocycles. The average molecular weight is 643 g/mol. The first-order chi connectivity index (χ1) is 20.6. The third-order valence-corrected chi connectivity index (χ3v) is 7.67. The van der Waals surface area contributed by atoms with Gasteiger partial charge in [-0.1, -0.05) is 12.1 Å². The Bertz CT molecular complexity index is 1590. The van der Waals surface area contributed by atoms with Crippen LogP contribution in [0, 0.1) is 5.82 Å². The van der Waals surface area contributed by atoms with Gasteiger partial charge in [-0.25, -0.2) is 14.2 Å². The molecule has 1 atom stereocenters. The highest BCUT2D eigenvalue weighted by Gasteiger charge is 2.79. The average Bonchev–Trinajstić information content (AvgIpc) is 3.17. The molecule has 5 rings (SSSR count). The third kappa shape index (κ3) is 4.51. The number of carbonyl (C=O) groups is 3. The quantitative estimate of drug-likeness (QED) is 0.103. The van der Waals surface area contributed by atoms with E-state index in [4.69, 9.17) is 9.47 Å². The van der Waals surface area contributed by atoms with E-state index >= 15 is 4.39 Å². The fourth-order valence-electron chi connectivity index (χ4n) is 5.24. The molecule has 3 aliphatic heterocycles. The molecule has 0 bridgehead atoms. The van der Waals surface area contributed by atoms with E-state index in [2.05, 4.69) is 0 Å². The number of amides is 3. The largest absolute Gasteiger partial charge is 0.435 e. The van der Waals surface area contributed by atoms with Gasteiger partial charge in [0.15, 0.2) is 0 Å². The standard InChI is InChI=1S/C25H26FN3O16/c26-14-10-11(22(36,37)28-6-8-44-9-7-28)4-5-13(14)24(40,41)45-15-3-1-2-12-16(15)23(38,39)29(17(12)30)20(33)18(31)27-19(32)21(34,35)25(20,42)43/h1-5,10,33-43H,6-9H2,(H,27,31,32). The second-order valence-corrected chi connectivity index (χ2v) is 10.4. The topological polar surface area (TPSA) is 311 Å². The van der Waals surface area contributed by atoms with Crippen molar-refractivity contribution in [1.82, 2.24) is 15.1 Å². The van der Waals surface area contributed by atoms with Crippen LogP contribution >= 0.6 is 0 Å². The number of carbonyl (C=O) groups excluding carboxylic acids is 3. The van der Waals surface area contributed by atoms with Gasteiger partial charge in [-0.05, 0) is 24.3 Å². The van der Waals surface area contributed by atoms with Gasteiger partial charge in [0.1, 0.15) is 11.6 Å². The number of nitrogens with one attached hydrogen (secondary N) is 1. The second kappa shape index (κ2) is 10.1. The number of hydrogen-bond donors (Lipinski definition) is 12. The highest BCUT2D eigenvalue weighted by molar-refractivity contribution is 6.10. The molecule has 3 aliphatic rings. The lowest BCUT2D eigenvalue weighted by atomic mass is 9.86. The Kier molecular flexibility index (Phi) is 7.35. The predicted molar refractivity (Wildman–Crippen MR) is 133 cm³/mol. The van der Waals surface area contributed by atoms with Crippen molar-refractivity contribution in [2.75, 3.05) is 26.3 Å². The van der Waals surface area contributed by atoms with Gasteiger partial charge >= 0.3 is 11.8 Å². The van der Waals surface area contributed by atoms with Crippen LogP contribution in [0.15, 0.2) is 36.4 Å². The van der Waals surface area contributed by atoms with Gasteiger partial charge in [0.05, 0.1) is 29.9 Å². The highest BCUT2D eigenvalue weighted by Crippen LogP contribution is 2.49. The Labute approximate surface area is 249 Å². The fourth-order valence-corrected chi connectivity index (χ4v) is 5.24. The van der Waals surface area contributed by atoms with Crippen LogP contribution in [0.25, 0.3) is 0 Å². The van der Waals surface area contributed by atoms with Gasteiger partial charge in [0.25, 0.3) is 41.1 Å². The van der Waals surface area contributed by atoms with Gasteiger partial charge in [0.2, 0.25) is 0 Å². The zero-order valence-corrected chi connectivity index (χ0v) is 22.5. The molecule has 1 unspecified atom stereocenters. The van der Waals surface area contributed by atoms with E-state index in [0.29, 0.717) is 12.1 Å². The van der Waals surface area contributed by atoms with E-state index in [-0.39, 0.29) is 26.3 Å². The molecule has 0 spiro atoms. The maximum atomic E-state index is 15.2. The van der Waals surface area contributed by atoms with Gasteiger partial charge in [0, 0.05) is 18.7 Å². The second-order valence-electron chi connectivity index (χ2n) is 10.4. The number of rotatable bonds is 6. The summed E-state index contributed by atoms with van der Waals surface area (Å²) >= 11 is 0. The molecular weight excluding hydrogens is 617 g/mol. The molecule has 45 heavy (non-hydrogen) atoms. The Morgan fingerprint density at radius 1 is 0.889 bits per heavy atom. The Morgan fingerprint density at radius 3 is 2.11 bits per heavy atom. The Hall–Kier alpha value is -3.74. The molecule has 2 fully saturated rings. The van der Waals surface area contributed by atoms with Crippen LogP contribution in [0.4, 0.5) is 4.39 Å². The number of nitrogens with zero attached hydrogens (tertiary/aromatic N) is 2. The summed E-state index contributed by atoms with van der Waals surface area (Å²) in [5.41, 5.74) is -8.10. The minimum Gasteiger partial charge on any atom is -0.435 e. The lowest BCUT2D eigenvalue weighted by Gasteiger charge is -2.51. The first kappa shape index (κ1) is 32.6. The lowest BCUT2D eigenvalue weighted by molar-refractivity contribution is -0.433. The number of aliphatic hydroxyl groups is 11. The summed E-state index contributed by atoms with van der Waals surface area (Å²) in [5.74, 6) is -28.5. The summed E-state index contributed by atoms with van der Waals surface area (Å²) in [6.45, 7) is 0.400. The van der Waals surface area contributed by atoms with Crippen molar-refractivity contribution in [3.63, 3.8) is 0 Å². The molecule has 20 heteroatoms. The number of morpholine rings is 1. The number of piperidine rings is 1. The molecule has 19 nitrogen and oxygen atoms in total. The number of halogens is 1. The summed E-state index contributed by atoms with van der Waals surface area (Å²) in [5, 5.41) is 117. The van der Waals surface area contributed by atoms with Crippen molar-refractivity contribution in [3.05, 3.63) is 64.5 Å². The van der Waals surface area contributed by atoms with Gasteiger partial charge in [-0.2, -0.15) is 0 Å². The van der Waals surface area contributed by atoms with Crippen LogP contribution in [0.2, 0.25) is 0 Å². The van der Waals surface area contributed by atoms with Gasteiger partial charge in [-0.15, -0.1) is 0 Å². The molecule has 0 aliphatic carbocycles. The Balaban J connectivity index is 1.52. The van der Waals surface area contributed by atoms with Crippen LogP contribution in [-0.2, 0) is 32.1 Å². The molecule has 2 aromatic rings. The summed E-state index contributed by atoms with van der Waals surface area (Å²) in [6, 6.07) is 4.60. The van der Waals surface area contributed by atoms with E-state index in [0.717, 1.165) is 34.5 Å². The van der Waals surface area contributed by atoms with E-state index in [1.165, 1.54) is 0 Å². The van der Waals surface area contributed by atoms with Gasteiger partial charge in [-0.3, -0.25) is 19.7 Å². The lowest BCUT2D eigenvalue weighted by Crippen LogP contribution is -2.87. The minimum absolute atomic E-state index is 0.0563. The predicted octanol–water partition coefficient (Wildman–Crippen LogP) is -6.32. The zero-order valence-electron chi connectivity index (χ0n) is 22.5. The maximum Gasteiger partial charge on any atom is 0.354 e. The summed E-state index contributed by atoms with van der Waals surface area (Å²) in [7, 11) is 0. The SMILES string of the molecule is O=C1c2cccc(OC(O)(O)c3ccc(C(O)(O)N4CCOCC4)cc3F)c2C(O)(O)N1C1(O)C(=O)NC(=O)C(O)(O)C1(O)O. The summed E-state index contributed by atoms with van der Waals surface area (Å²) in [4.78, 5) is 38.0. The number of benzene rings is 2. The molecule has 12 N–H and O–H groups in total.